The number of aliphatic hydroxyl groups is 1. The van der Waals surface area contributed by atoms with Crippen LogP contribution in [0, 0.1) is 11.6 Å². The minimum Gasteiger partial charge on any atom is -0.391 e. The summed E-state index contributed by atoms with van der Waals surface area (Å²) in [6, 6.07) is 1.99. The van der Waals surface area contributed by atoms with Crippen molar-refractivity contribution in [1.29, 1.82) is 0 Å². The maximum absolute atomic E-state index is 13.3. The van der Waals surface area contributed by atoms with Crippen LogP contribution in [0.1, 0.15) is 25.7 Å². The lowest BCUT2D eigenvalue weighted by atomic mass is 9.93. The van der Waals surface area contributed by atoms with E-state index < -0.39 is 23.8 Å². The predicted octanol–water partition coefficient (Wildman–Crippen LogP) is 2.39. The van der Waals surface area contributed by atoms with Crippen molar-refractivity contribution in [2.75, 3.05) is 5.32 Å². The third kappa shape index (κ3) is 3.64. The van der Waals surface area contributed by atoms with E-state index in [2.05, 4.69) is 10.6 Å². The smallest absolute Gasteiger partial charge is 0.319 e. The van der Waals surface area contributed by atoms with Crippen molar-refractivity contribution in [1.82, 2.24) is 5.32 Å². The summed E-state index contributed by atoms with van der Waals surface area (Å²) in [5.74, 6) is -1.54. The molecule has 3 N–H and O–H groups in total. The molecule has 1 fully saturated rings. The number of rotatable bonds is 2. The van der Waals surface area contributed by atoms with E-state index >= 15 is 0 Å². The molecule has 0 heterocycles. The Hall–Kier alpha value is -1.69. The number of anilines is 1. The van der Waals surface area contributed by atoms with Crippen LogP contribution in [-0.4, -0.2) is 23.3 Å². The Labute approximate surface area is 109 Å². The monoisotopic (exact) mass is 270 g/mol. The summed E-state index contributed by atoms with van der Waals surface area (Å²) >= 11 is 0. The van der Waals surface area contributed by atoms with Gasteiger partial charge >= 0.3 is 6.03 Å². The molecule has 0 aliphatic heterocycles. The molecule has 1 aliphatic rings. The third-order valence-electron chi connectivity index (χ3n) is 3.23. The number of carbonyl (C=O) groups is 1. The Morgan fingerprint density at radius 2 is 2.00 bits per heavy atom. The Morgan fingerprint density at radius 1 is 1.26 bits per heavy atom. The van der Waals surface area contributed by atoms with Gasteiger partial charge < -0.3 is 15.7 Å². The lowest BCUT2D eigenvalue weighted by molar-refractivity contribution is 0.0955. The molecular formula is C13H16F2N2O2. The molecule has 0 bridgehead atoms. The summed E-state index contributed by atoms with van der Waals surface area (Å²) in [7, 11) is 0. The largest absolute Gasteiger partial charge is 0.391 e. The summed E-state index contributed by atoms with van der Waals surface area (Å²) in [5.41, 5.74) is -0.0933. The first-order chi connectivity index (χ1) is 9.06. The molecule has 1 aromatic carbocycles. The number of halogens is 2. The van der Waals surface area contributed by atoms with Crippen LogP contribution < -0.4 is 10.6 Å². The van der Waals surface area contributed by atoms with Gasteiger partial charge in [0.2, 0.25) is 0 Å². The first-order valence-corrected chi connectivity index (χ1v) is 6.27. The number of amides is 2. The maximum Gasteiger partial charge on any atom is 0.319 e. The SMILES string of the molecule is O=C(Nc1ccc(F)cc1F)NC1CCCCC1O. The molecule has 1 aromatic rings. The van der Waals surface area contributed by atoms with Crippen molar-refractivity contribution in [3.63, 3.8) is 0 Å². The van der Waals surface area contributed by atoms with Crippen LogP contribution in [0.4, 0.5) is 19.3 Å². The summed E-state index contributed by atoms with van der Waals surface area (Å²) in [5, 5.41) is 14.6. The van der Waals surface area contributed by atoms with Gasteiger partial charge in [-0.1, -0.05) is 12.8 Å². The molecule has 2 rings (SSSR count). The third-order valence-corrected chi connectivity index (χ3v) is 3.23. The number of aliphatic hydroxyl groups excluding tert-OH is 1. The van der Waals surface area contributed by atoms with Crippen LogP contribution in [0.25, 0.3) is 0 Å². The number of carbonyl (C=O) groups excluding carboxylic acids is 1. The van der Waals surface area contributed by atoms with Gasteiger partial charge in [0, 0.05) is 6.07 Å². The molecule has 2 unspecified atom stereocenters. The van der Waals surface area contributed by atoms with E-state index in [0.717, 1.165) is 25.0 Å². The standard InChI is InChI=1S/C13H16F2N2O2/c14-8-5-6-10(9(15)7-8)16-13(19)17-11-3-1-2-4-12(11)18/h5-7,11-12,18H,1-4H2,(H2,16,17,19). The summed E-state index contributed by atoms with van der Waals surface area (Å²) < 4.78 is 26.0. The number of benzene rings is 1. The van der Waals surface area contributed by atoms with E-state index in [1.54, 1.807) is 0 Å². The maximum atomic E-state index is 13.3. The van der Waals surface area contributed by atoms with Gasteiger partial charge in [-0.2, -0.15) is 0 Å². The van der Waals surface area contributed by atoms with Gasteiger partial charge in [0.25, 0.3) is 0 Å². The predicted molar refractivity (Wildman–Crippen MR) is 66.8 cm³/mol. The van der Waals surface area contributed by atoms with E-state index in [9.17, 15) is 18.7 Å². The number of nitrogens with one attached hydrogen (secondary N) is 2. The molecule has 4 nitrogen and oxygen atoms in total. The highest BCUT2D eigenvalue weighted by atomic mass is 19.1. The van der Waals surface area contributed by atoms with Gasteiger partial charge in [0.15, 0.2) is 0 Å². The van der Waals surface area contributed by atoms with Crippen molar-refractivity contribution in [2.45, 2.75) is 37.8 Å². The number of urea groups is 1. The van der Waals surface area contributed by atoms with Gasteiger partial charge in [-0.25, -0.2) is 13.6 Å². The Morgan fingerprint density at radius 3 is 2.68 bits per heavy atom. The molecule has 0 saturated heterocycles. The van der Waals surface area contributed by atoms with Gasteiger partial charge in [0.05, 0.1) is 17.8 Å². The number of hydrogen-bond donors (Lipinski definition) is 3. The van der Waals surface area contributed by atoms with Crippen molar-refractivity contribution < 1.29 is 18.7 Å². The molecule has 104 valence electrons. The van der Waals surface area contributed by atoms with E-state index in [1.807, 2.05) is 0 Å². The highest BCUT2D eigenvalue weighted by Gasteiger charge is 2.24. The van der Waals surface area contributed by atoms with Gasteiger partial charge in [0.1, 0.15) is 11.6 Å². The molecule has 1 aliphatic carbocycles. The van der Waals surface area contributed by atoms with Crippen LogP contribution in [0.5, 0.6) is 0 Å². The topological polar surface area (TPSA) is 61.4 Å². The fourth-order valence-electron chi connectivity index (χ4n) is 2.20. The lowest BCUT2D eigenvalue weighted by Crippen LogP contribution is -2.46. The second-order valence-corrected chi connectivity index (χ2v) is 4.68. The molecule has 0 radical (unpaired) electrons. The fourth-order valence-corrected chi connectivity index (χ4v) is 2.20. The van der Waals surface area contributed by atoms with Gasteiger partial charge in [-0.15, -0.1) is 0 Å². The van der Waals surface area contributed by atoms with E-state index in [0.29, 0.717) is 18.9 Å². The minimum atomic E-state index is -0.834. The molecule has 19 heavy (non-hydrogen) atoms. The van der Waals surface area contributed by atoms with Crippen LogP contribution in [-0.2, 0) is 0 Å². The minimum absolute atomic E-state index is 0.0933. The van der Waals surface area contributed by atoms with Gasteiger partial charge in [-0.05, 0) is 25.0 Å². The van der Waals surface area contributed by atoms with Crippen molar-refractivity contribution >= 4 is 11.7 Å². The molecule has 2 amide bonds. The molecule has 0 spiro atoms. The van der Waals surface area contributed by atoms with Crippen LogP contribution in [0.2, 0.25) is 0 Å². The lowest BCUT2D eigenvalue weighted by Gasteiger charge is -2.28. The molecular weight excluding hydrogens is 254 g/mol. The normalized spacial score (nSPS) is 22.9. The second kappa shape index (κ2) is 5.97. The van der Waals surface area contributed by atoms with E-state index in [1.165, 1.54) is 0 Å². The van der Waals surface area contributed by atoms with Crippen LogP contribution in [0.3, 0.4) is 0 Å². The summed E-state index contributed by atoms with van der Waals surface area (Å²) in [4.78, 5) is 11.7. The molecule has 2 atom stereocenters. The van der Waals surface area contributed by atoms with Crippen LogP contribution in [0.15, 0.2) is 18.2 Å². The zero-order valence-electron chi connectivity index (χ0n) is 10.3. The quantitative estimate of drug-likeness (QED) is 0.772. The van der Waals surface area contributed by atoms with Crippen molar-refractivity contribution in [2.24, 2.45) is 0 Å². The van der Waals surface area contributed by atoms with E-state index in [4.69, 9.17) is 0 Å². The van der Waals surface area contributed by atoms with Gasteiger partial charge in [-0.3, -0.25) is 0 Å². The Bertz CT molecular complexity index is 468. The van der Waals surface area contributed by atoms with Crippen molar-refractivity contribution in [3.05, 3.63) is 29.8 Å². The second-order valence-electron chi connectivity index (χ2n) is 4.68. The average molecular weight is 270 g/mol. The molecule has 6 heteroatoms. The fraction of sp³-hybridized carbons (Fsp3) is 0.462. The Balaban J connectivity index is 1.93. The summed E-state index contributed by atoms with van der Waals surface area (Å²) in [6.07, 6.45) is 2.65. The first kappa shape index (κ1) is 13.7. The zero-order valence-corrected chi connectivity index (χ0v) is 10.3. The van der Waals surface area contributed by atoms with Crippen molar-refractivity contribution in [3.8, 4) is 0 Å². The van der Waals surface area contributed by atoms with Crippen LogP contribution >= 0.6 is 0 Å². The zero-order chi connectivity index (χ0) is 13.8. The Kier molecular flexibility index (Phi) is 4.31. The first-order valence-electron chi connectivity index (χ1n) is 6.27. The summed E-state index contributed by atoms with van der Waals surface area (Å²) in [6.45, 7) is 0. The molecule has 0 aromatic heterocycles. The number of hydrogen-bond acceptors (Lipinski definition) is 2. The highest BCUT2D eigenvalue weighted by molar-refractivity contribution is 5.89. The molecule has 1 saturated carbocycles. The highest BCUT2D eigenvalue weighted by Crippen LogP contribution is 2.19. The average Bonchev–Trinajstić information content (AvgIpc) is 2.36. The van der Waals surface area contributed by atoms with E-state index in [-0.39, 0.29) is 11.7 Å².